The molecule has 0 spiro atoms. The molecule has 2 fully saturated rings. The summed E-state index contributed by atoms with van der Waals surface area (Å²) in [6, 6.07) is 2.32. The van der Waals surface area contributed by atoms with Gasteiger partial charge in [-0.2, -0.15) is 0 Å². The summed E-state index contributed by atoms with van der Waals surface area (Å²) in [4.78, 5) is 9.36. The van der Waals surface area contributed by atoms with Crippen molar-refractivity contribution in [1.82, 2.24) is 4.98 Å². The highest BCUT2D eigenvalue weighted by atomic mass is 15.2. The van der Waals surface area contributed by atoms with Gasteiger partial charge >= 0.3 is 0 Å². The molecule has 92 valence electrons. The van der Waals surface area contributed by atoms with E-state index in [4.69, 9.17) is 0 Å². The molecule has 1 aromatic heterocycles. The molecule has 0 bridgehead atoms. The van der Waals surface area contributed by atoms with Crippen molar-refractivity contribution in [3.8, 4) is 0 Å². The molecule has 2 aliphatic rings. The molecule has 2 saturated heterocycles. The highest BCUT2D eigenvalue weighted by Crippen LogP contribution is 2.25. The number of anilines is 2. The average Bonchev–Trinajstić information content (AvgIpc) is 2.94. The summed E-state index contributed by atoms with van der Waals surface area (Å²) in [5.74, 6) is 0. The van der Waals surface area contributed by atoms with Gasteiger partial charge in [0.05, 0.1) is 23.8 Å². The fourth-order valence-corrected chi connectivity index (χ4v) is 2.89. The molecule has 0 saturated carbocycles. The maximum Gasteiger partial charge on any atom is 0.0573 e. The summed E-state index contributed by atoms with van der Waals surface area (Å²) in [6.45, 7) is 4.80. The molecule has 2 aliphatic heterocycles. The third-order valence-corrected chi connectivity index (χ3v) is 3.90. The van der Waals surface area contributed by atoms with Gasteiger partial charge in [-0.1, -0.05) is 0 Å². The van der Waals surface area contributed by atoms with Crippen molar-refractivity contribution in [3.63, 3.8) is 0 Å². The van der Waals surface area contributed by atoms with Crippen molar-refractivity contribution in [2.75, 3.05) is 36.0 Å². The lowest BCUT2D eigenvalue weighted by Gasteiger charge is -2.29. The Morgan fingerprint density at radius 1 is 0.706 bits per heavy atom. The van der Waals surface area contributed by atoms with E-state index >= 15 is 0 Å². The molecule has 17 heavy (non-hydrogen) atoms. The quantitative estimate of drug-likeness (QED) is 0.780. The van der Waals surface area contributed by atoms with Crippen LogP contribution in [0.15, 0.2) is 18.5 Å². The maximum absolute atomic E-state index is 4.42. The van der Waals surface area contributed by atoms with Crippen LogP contribution in [0.25, 0.3) is 0 Å². The Labute approximate surface area is 103 Å². The van der Waals surface area contributed by atoms with Crippen LogP contribution in [0.4, 0.5) is 11.4 Å². The molecule has 3 rings (SSSR count). The molecule has 1 aromatic rings. The molecule has 0 amide bonds. The summed E-state index contributed by atoms with van der Waals surface area (Å²) in [7, 11) is 0. The Hall–Kier alpha value is -1.25. The number of aromatic nitrogens is 1. The second-order valence-corrected chi connectivity index (χ2v) is 5.14. The minimum atomic E-state index is 1.20. The summed E-state index contributed by atoms with van der Waals surface area (Å²) in [5, 5.41) is 0. The largest absolute Gasteiger partial charge is 0.370 e. The third kappa shape index (κ3) is 2.38. The second-order valence-electron chi connectivity index (χ2n) is 5.14. The van der Waals surface area contributed by atoms with Gasteiger partial charge in [-0.3, -0.25) is 4.98 Å². The van der Waals surface area contributed by atoms with Crippen LogP contribution in [0.1, 0.15) is 32.1 Å². The summed E-state index contributed by atoms with van der Waals surface area (Å²) < 4.78 is 0. The van der Waals surface area contributed by atoms with Crippen LogP contribution in [0.5, 0.6) is 0 Å². The standard InChI is InChI=1S/C14H21N3/c1-2-6-16(7-3-1)13-10-14(12-15-11-13)17-8-4-5-9-17/h10-12H,1-9H2. The molecule has 0 unspecified atom stereocenters. The van der Waals surface area contributed by atoms with E-state index < -0.39 is 0 Å². The number of piperidine rings is 1. The first kappa shape index (κ1) is 10.9. The van der Waals surface area contributed by atoms with Crippen LogP contribution in [0.3, 0.4) is 0 Å². The smallest absolute Gasteiger partial charge is 0.0573 e. The van der Waals surface area contributed by atoms with E-state index in [1.54, 1.807) is 0 Å². The van der Waals surface area contributed by atoms with Gasteiger partial charge in [0.15, 0.2) is 0 Å². The fourth-order valence-electron chi connectivity index (χ4n) is 2.89. The van der Waals surface area contributed by atoms with Gasteiger partial charge in [0.1, 0.15) is 0 Å². The molecular formula is C14H21N3. The van der Waals surface area contributed by atoms with Gasteiger partial charge in [0.2, 0.25) is 0 Å². The Morgan fingerprint density at radius 3 is 1.71 bits per heavy atom. The molecule has 0 atom stereocenters. The van der Waals surface area contributed by atoms with Crippen molar-refractivity contribution in [2.45, 2.75) is 32.1 Å². The first-order valence-corrected chi connectivity index (χ1v) is 6.88. The van der Waals surface area contributed by atoms with Gasteiger partial charge in [-0.05, 0) is 38.2 Å². The molecule has 0 N–H and O–H groups in total. The minimum absolute atomic E-state index is 1.20. The monoisotopic (exact) mass is 231 g/mol. The Kier molecular flexibility index (Phi) is 3.16. The minimum Gasteiger partial charge on any atom is -0.370 e. The van der Waals surface area contributed by atoms with Gasteiger partial charge in [0.25, 0.3) is 0 Å². The van der Waals surface area contributed by atoms with Crippen LogP contribution in [-0.2, 0) is 0 Å². The van der Waals surface area contributed by atoms with Crippen LogP contribution in [0, 0.1) is 0 Å². The van der Waals surface area contributed by atoms with Crippen LogP contribution in [-0.4, -0.2) is 31.2 Å². The Balaban J connectivity index is 1.77. The van der Waals surface area contributed by atoms with Crippen molar-refractivity contribution in [3.05, 3.63) is 18.5 Å². The number of rotatable bonds is 2. The van der Waals surface area contributed by atoms with Crippen LogP contribution < -0.4 is 9.80 Å². The van der Waals surface area contributed by atoms with E-state index in [0.717, 1.165) is 0 Å². The lowest BCUT2D eigenvalue weighted by atomic mass is 10.1. The zero-order valence-electron chi connectivity index (χ0n) is 10.4. The molecule has 3 nitrogen and oxygen atoms in total. The number of hydrogen-bond acceptors (Lipinski definition) is 3. The van der Waals surface area contributed by atoms with Gasteiger partial charge < -0.3 is 9.80 Å². The first-order valence-electron chi connectivity index (χ1n) is 6.88. The summed E-state index contributed by atoms with van der Waals surface area (Å²) in [6.07, 6.45) is 10.7. The van der Waals surface area contributed by atoms with Gasteiger partial charge in [-0.25, -0.2) is 0 Å². The molecule has 0 aromatic carbocycles. The zero-order chi connectivity index (χ0) is 11.5. The number of pyridine rings is 1. The second kappa shape index (κ2) is 4.94. The van der Waals surface area contributed by atoms with E-state index in [9.17, 15) is 0 Å². The van der Waals surface area contributed by atoms with E-state index in [1.807, 2.05) is 12.4 Å². The first-order chi connectivity index (χ1) is 8.43. The molecule has 3 heteroatoms. The third-order valence-electron chi connectivity index (χ3n) is 3.90. The SMILES string of the molecule is c1ncc(N2CCCC2)cc1N1CCCCC1. The highest BCUT2D eigenvalue weighted by Gasteiger charge is 2.15. The van der Waals surface area contributed by atoms with Crippen LogP contribution in [0.2, 0.25) is 0 Å². The van der Waals surface area contributed by atoms with E-state index in [1.165, 1.54) is 69.7 Å². The van der Waals surface area contributed by atoms with Crippen molar-refractivity contribution in [2.24, 2.45) is 0 Å². The van der Waals surface area contributed by atoms with Crippen LogP contribution >= 0.6 is 0 Å². The van der Waals surface area contributed by atoms with Crippen molar-refractivity contribution >= 4 is 11.4 Å². The summed E-state index contributed by atoms with van der Waals surface area (Å²) in [5.41, 5.74) is 2.62. The number of nitrogens with zero attached hydrogens (tertiary/aromatic N) is 3. The maximum atomic E-state index is 4.42. The van der Waals surface area contributed by atoms with Crippen molar-refractivity contribution in [1.29, 1.82) is 0 Å². The average molecular weight is 231 g/mol. The summed E-state index contributed by atoms with van der Waals surface area (Å²) >= 11 is 0. The fraction of sp³-hybridized carbons (Fsp3) is 0.643. The Morgan fingerprint density at radius 2 is 1.18 bits per heavy atom. The van der Waals surface area contributed by atoms with Gasteiger partial charge in [-0.15, -0.1) is 0 Å². The molecular weight excluding hydrogens is 210 g/mol. The number of hydrogen-bond donors (Lipinski definition) is 0. The van der Waals surface area contributed by atoms with Gasteiger partial charge in [0, 0.05) is 26.2 Å². The van der Waals surface area contributed by atoms with Crippen molar-refractivity contribution < 1.29 is 0 Å². The Bertz CT molecular complexity index is 365. The molecule has 0 radical (unpaired) electrons. The topological polar surface area (TPSA) is 19.4 Å². The predicted molar refractivity (Wildman–Crippen MR) is 71.7 cm³/mol. The van der Waals surface area contributed by atoms with E-state index in [-0.39, 0.29) is 0 Å². The zero-order valence-corrected chi connectivity index (χ0v) is 10.4. The highest BCUT2D eigenvalue weighted by molar-refractivity contribution is 5.57. The lowest BCUT2D eigenvalue weighted by molar-refractivity contribution is 0.577. The predicted octanol–water partition coefficient (Wildman–Crippen LogP) is 2.67. The molecule has 0 aliphatic carbocycles. The van der Waals surface area contributed by atoms with E-state index in [2.05, 4.69) is 20.9 Å². The van der Waals surface area contributed by atoms with E-state index in [0.29, 0.717) is 0 Å². The lowest BCUT2D eigenvalue weighted by Crippen LogP contribution is -2.29. The molecule has 3 heterocycles. The normalized spacial score (nSPS) is 20.9.